The van der Waals surface area contributed by atoms with Gasteiger partial charge in [-0.2, -0.15) is 4.99 Å². The molecule has 2 aromatic carbocycles. The summed E-state index contributed by atoms with van der Waals surface area (Å²) >= 11 is 1.55. The molecule has 142 valence electrons. The number of carbonyl (C=O) groups excluding carboxylic acids is 1. The molecule has 0 saturated heterocycles. The number of nitrogens with zero attached hydrogens (tertiary/aromatic N) is 2. The van der Waals surface area contributed by atoms with E-state index in [0.717, 1.165) is 27.1 Å². The molecular weight excluding hydrogens is 360 g/mol. The molecule has 0 fully saturated rings. The van der Waals surface area contributed by atoms with E-state index in [1.165, 1.54) is 11.1 Å². The van der Waals surface area contributed by atoms with Crippen molar-refractivity contribution < 1.29 is 14.3 Å². The van der Waals surface area contributed by atoms with Gasteiger partial charge in [0.2, 0.25) is 0 Å². The molecule has 0 aliphatic heterocycles. The third kappa shape index (κ3) is 3.90. The van der Waals surface area contributed by atoms with Crippen molar-refractivity contribution in [1.82, 2.24) is 4.57 Å². The Hall–Kier alpha value is -2.60. The molecule has 0 unspecified atom stereocenters. The molecule has 6 heteroatoms. The largest absolute Gasteiger partial charge is 0.493 e. The van der Waals surface area contributed by atoms with Gasteiger partial charge in [0.15, 0.2) is 16.3 Å². The zero-order valence-corrected chi connectivity index (χ0v) is 17.1. The molecule has 27 heavy (non-hydrogen) atoms. The minimum atomic E-state index is -0.176. The second kappa shape index (κ2) is 7.96. The Morgan fingerprint density at radius 1 is 1.07 bits per heavy atom. The monoisotopic (exact) mass is 384 g/mol. The zero-order chi connectivity index (χ0) is 19.6. The van der Waals surface area contributed by atoms with E-state index in [1.807, 2.05) is 12.1 Å². The third-order valence-electron chi connectivity index (χ3n) is 4.64. The topological polar surface area (TPSA) is 52.8 Å². The molecule has 0 saturated carbocycles. The van der Waals surface area contributed by atoms with Gasteiger partial charge in [-0.15, -0.1) is 0 Å². The van der Waals surface area contributed by atoms with Gasteiger partial charge < -0.3 is 14.0 Å². The minimum absolute atomic E-state index is 0.176. The summed E-state index contributed by atoms with van der Waals surface area (Å²) in [5.74, 6) is 1.08. The smallest absolute Gasteiger partial charge is 0.252 e. The second-order valence-electron chi connectivity index (χ2n) is 6.40. The summed E-state index contributed by atoms with van der Waals surface area (Å²) in [6, 6.07) is 9.82. The van der Waals surface area contributed by atoms with Crippen molar-refractivity contribution in [1.29, 1.82) is 0 Å². The van der Waals surface area contributed by atoms with Crippen LogP contribution in [-0.2, 0) is 17.8 Å². The van der Waals surface area contributed by atoms with Gasteiger partial charge >= 0.3 is 0 Å². The average molecular weight is 385 g/mol. The van der Waals surface area contributed by atoms with Crippen LogP contribution in [0.5, 0.6) is 11.5 Å². The van der Waals surface area contributed by atoms with Crippen molar-refractivity contribution in [2.24, 2.45) is 4.99 Å². The van der Waals surface area contributed by atoms with Crippen molar-refractivity contribution in [3.05, 3.63) is 51.8 Å². The normalized spacial score (nSPS) is 11.8. The summed E-state index contributed by atoms with van der Waals surface area (Å²) in [5, 5.41) is 0. The van der Waals surface area contributed by atoms with Crippen LogP contribution in [0.25, 0.3) is 10.2 Å². The lowest BCUT2D eigenvalue weighted by Gasteiger charge is -2.08. The summed E-state index contributed by atoms with van der Waals surface area (Å²) in [6.45, 7) is 7.04. The number of methoxy groups -OCH3 is 2. The number of aromatic nitrogens is 1. The van der Waals surface area contributed by atoms with Crippen LogP contribution in [0.4, 0.5) is 0 Å². The zero-order valence-electron chi connectivity index (χ0n) is 16.3. The first-order valence-corrected chi connectivity index (χ1v) is 9.67. The fourth-order valence-electron chi connectivity index (χ4n) is 3.02. The molecule has 0 aliphatic carbocycles. The standard InChI is InChI=1S/C21H24N2O3S/c1-6-23-16-9-13(2)14(3)10-19(16)27-21(23)22-20(24)12-15-7-8-17(25-4)18(11-15)26-5/h7-11H,6,12H2,1-5H3. The van der Waals surface area contributed by atoms with Crippen LogP contribution in [-0.4, -0.2) is 24.7 Å². The average Bonchev–Trinajstić information content (AvgIpc) is 2.97. The Morgan fingerprint density at radius 2 is 1.78 bits per heavy atom. The Balaban J connectivity index is 1.95. The van der Waals surface area contributed by atoms with Crippen molar-refractivity contribution in [3.63, 3.8) is 0 Å². The van der Waals surface area contributed by atoms with Gasteiger partial charge in [0.05, 0.1) is 30.9 Å². The number of aryl methyl sites for hydroxylation is 3. The van der Waals surface area contributed by atoms with E-state index in [0.29, 0.717) is 11.5 Å². The fraction of sp³-hybridized carbons (Fsp3) is 0.333. The quantitative estimate of drug-likeness (QED) is 0.667. The van der Waals surface area contributed by atoms with Gasteiger partial charge in [0, 0.05) is 6.54 Å². The first-order chi connectivity index (χ1) is 13.0. The Kier molecular flexibility index (Phi) is 5.65. The van der Waals surface area contributed by atoms with E-state index >= 15 is 0 Å². The lowest BCUT2D eigenvalue weighted by molar-refractivity contribution is -0.117. The van der Waals surface area contributed by atoms with Crippen molar-refractivity contribution in [2.45, 2.75) is 33.7 Å². The van der Waals surface area contributed by atoms with Crippen LogP contribution >= 0.6 is 11.3 Å². The van der Waals surface area contributed by atoms with E-state index < -0.39 is 0 Å². The number of rotatable bonds is 5. The van der Waals surface area contributed by atoms with Crippen LogP contribution in [0.2, 0.25) is 0 Å². The number of thiazole rings is 1. The van der Waals surface area contributed by atoms with Crippen molar-refractivity contribution in [3.8, 4) is 11.5 Å². The number of carbonyl (C=O) groups is 1. The molecule has 5 nitrogen and oxygen atoms in total. The Morgan fingerprint density at radius 3 is 2.44 bits per heavy atom. The van der Waals surface area contributed by atoms with E-state index in [2.05, 4.69) is 42.5 Å². The van der Waals surface area contributed by atoms with Gasteiger partial charge in [-0.3, -0.25) is 4.79 Å². The number of benzene rings is 2. The predicted octanol–water partition coefficient (Wildman–Crippen LogP) is 4.03. The molecule has 3 aromatic rings. The molecule has 0 aliphatic rings. The molecule has 0 spiro atoms. The summed E-state index contributed by atoms with van der Waals surface area (Å²) in [6.07, 6.45) is 0.219. The van der Waals surface area contributed by atoms with Crippen LogP contribution in [0, 0.1) is 13.8 Å². The number of hydrogen-bond acceptors (Lipinski definition) is 4. The van der Waals surface area contributed by atoms with Crippen LogP contribution in [0.1, 0.15) is 23.6 Å². The van der Waals surface area contributed by atoms with Crippen LogP contribution in [0.15, 0.2) is 35.3 Å². The molecule has 1 heterocycles. The van der Waals surface area contributed by atoms with Gasteiger partial charge in [-0.05, 0) is 61.7 Å². The summed E-state index contributed by atoms with van der Waals surface area (Å²) in [7, 11) is 3.17. The van der Waals surface area contributed by atoms with E-state index in [4.69, 9.17) is 9.47 Å². The Labute approximate surface area is 162 Å². The molecular formula is C21H24N2O3S. The lowest BCUT2D eigenvalue weighted by Crippen LogP contribution is -2.16. The third-order valence-corrected chi connectivity index (χ3v) is 5.68. The molecule has 1 aromatic heterocycles. The Bertz CT molecular complexity index is 1060. The maximum atomic E-state index is 12.6. The van der Waals surface area contributed by atoms with Crippen molar-refractivity contribution in [2.75, 3.05) is 14.2 Å². The number of hydrogen-bond donors (Lipinski definition) is 0. The van der Waals surface area contributed by atoms with Crippen LogP contribution in [0.3, 0.4) is 0 Å². The van der Waals surface area contributed by atoms with E-state index in [9.17, 15) is 4.79 Å². The first kappa shape index (κ1) is 19.2. The van der Waals surface area contributed by atoms with Gasteiger partial charge in [-0.25, -0.2) is 0 Å². The van der Waals surface area contributed by atoms with Crippen LogP contribution < -0.4 is 14.3 Å². The lowest BCUT2D eigenvalue weighted by atomic mass is 10.1. The van der Waals surface area contributed by atoms with E-state index in [-0.39, 0.29) is 12.3 Å². The highest BCUT2D eigenvalue weighted by atomic mass is 32.1. The fourth-order valence-corrected chi connectivity index (χ4v) is 4.22. The first-order valence-electron chi connectivity index (χ1n) is 8.85. The highest BCUT2D eigenvalue weighted by molar-refractivity contribution is 7.16. The SMILES string of the molecule is CCn1c(=NC(=O)Cc2ccc(OC)c(OC)c2)sc2cc(C)c(C)cc21. The predicted molar refractivity (Wildman–Crippen MR) is 109 cm³/mol. The number of amides is 1. The summed E-state index contributed by atoms with van der Waals surface area (Å²) in [4.78, 5) is 17.7. The molecule has 0 radical (unpaired) electrons. The molecule has 0 atom stereocenters. The number of fused-ring (bicyclic) bond motifs is 1. The minimum Gasteiger partial charge on any atom is -0.493 e. The molecule has 0 bridgehead atoms. The molecule has 3 rings (SSSR count). The molecule has 1 amide bonds. The highest BCUT2D eigenvalue weighted by Crippen LogP contribution is 2.28. The van der Waals surface area contributed by atoms with Crippen molar-refractivity contribution >= 4 is 27.5 Å². The maximum Gasteiger partial charge on any atom is 0.252 e. The molecule has 0 N–H and O–H groups in total. The second-order valence-corrected chi connectivity index (χ2v) is 7.41. The van der Waals surface area contributed by atoms with Gasteiger partial charge in [0.25, 0.3) is 5.91 Å². The summed E-state index contributed by atoms with van der Waals surface area (Å²) < 4.78 is 13.8. The van der Waals surface area contributed by atoms with Gasteiger partial charge in [-0.1, -0.05) is 17.4 Å². The number of ether oxygens (including phenoxy) is 2. The maximum absolute atomic E-state index is 12.6. The highest BCUT2D eigenvalue weighted by Gasteiger charge is 2.11. The summed E-state index contributed by atoms with van der Waals surface area (Å²) in [5.41, 5.74) is 4.46. The van der Waals surface area contributed by atoms with Gasteiger partial charge in [0.1, 0.15) is 0 Å². The van der Waals surface area contributed by atoms with E-state index in [1.54, 1.807) is 31.6 Å².